The van der Waals surface area contributed by atoms with Crippen molar-refractivity contribution < 1.29 is 18.6 Å². The van der Waals surface area contributed by atoms with E-state index in [-0.39, 0.29) is 12.5 Å². The summed E-state index contributed by atoms with van der Waals surface area (Å²) in [5, 5.41) is 3.69. The molecule has 0 saturated heterocycles. The van der Waals surface area contributed by atoms with E-state index in [0.717, 1.165) is 11.3 Å². The van der Waals surface area contributed by atoms with Crippen LogP contribution in [-0.4, -0.2) is 13.9 Å². The molecule has 0 bridgehead atoms. The number of anilines is 1. The summed E-state index contributed by atoms with van der Waals surface area (Å²) in [7, 11) is 1.43. The SMILES string of the molecule is COc1cc(NCc2cc(Cl)c3c(c2)OCO3)ccc1F. The van der Waals surface area contributed by atoms with Gasteiger partial charge in [-0.05, 0) is 29.8 Å². The van der Waals surface area contributed by atoms with E-state index >= 15 is 0 Å². The van der Waals surface area contributed by atoms with Crippen LogP contribution in [0.4, 0.5) is 10.1 Å². The maximum atomic E-state index is 13.3. The molecule has 0 unspecified atom stereocenters. The Morgan fingerprint density at radius 1 is 1.29 bits per heavy atom. The predicted octanol–water partition coefficient (Wildman–Crippen LogP) is 3.83. The molecule has 0 amide bonds. The van der Waals surface area contributed by atoms with Crippen LogP contribution in [0.25, 0.3) is 0 Å². The summed E-state index contributed by atoms with van der Waals surface area (Å²) < 4.78 is 28.9. The molecule has 3 rings (SSSR count). The molecule has 0 aromatic heterocycles. The lowest BCUT2D eigenvalue weighted by Gasteiger charge is -2.10. The van der Waals surface area contributed by atoms with Crippen LogP contribution >= 0.6 is 11.6 Å². The lowest BCUT2D eigenvalue weighted by molar-refractivity contribution is 0.174. The first-order valence-electron chi connectivity index (χ1n) is 6.33. The number of fused-ring (bicyclic) bond motifs is 1. The van der Waals surface area contributed by atoms with Crippen molar-refractivity contribution in [1.29, 1.82) is 0 Å². The van der Waals surface area contributed by atoms with Crippen molar-refractivity contribution in [2.45, 2.75) is 6.54 Å². The second-order valence-electron chi connectivity index (χ2n) is 4.51. The lowest BCUT2D eigenvalue weighted by Crippen LogP contribution is -2.00. The molecular weight excluding hydrogens is 297 g/mol. The molecule has 6 heteroatoms. The first kappa shape index (κ1) is 13.8. The van der Waals surface area contributed by atoms with Gasteiger partial charge in [0.2, 0.25) is 6.79 Å². The Morgan fingerprint density at radius 3 is 2.95 bits per heavy atom. The Morgan fingerprint density at radius 2 is 2.14 bits per heavy atom. The fourth-order valence-corrected chi connectivity index (χ4v) is 2.38. The average molecular weight is 310 g/mol. The van der Waals surface area contributed by atoms with Gasteiger partial charge in [-0.15, -0.1) is 0 Å². The summed E-state index contributed by atoms with van der Waals surface area (Å²) in [6.45, 7) is 0.701. The molecule has 1 aliphatic rings. The van der Waals surface area contributed by atoms with Crippen molar-refractivity contribution in [3.63, 3.8) is 0 Å². The van der Waals surface area contributed by atoms with Crippen molar-refractivity contribution in [3.05, 3.63) is 46.7 Å². The number of nitrogens with one attached hydrogen (secondary N) is 1. The van der Waals surface area contributed by atoms with Gasteiger partial charge in [0.1, 0.15) is 0 Å². The van der Waals surface area contributed by atoms with E-state index in [1.165, 1.54) is 13.2 Å². The molecule has 0 radical (unpaired) electrons. The summed E-state index contributed by atoms with van der Waals surface area (Å²) in [6, 6.07) is 8.27. The molecule has 0 saturated carbocycles. The van der Waals surface area contributed by atoms with E-state index in [1.807, 2.05) is 12.1 Å². The molecule has 2 aromatic carbocycles. The maximum Gasteiger partial charge on any atom is 0.231 e. The number of hydrogen-bond donors (Lipinski definition) is 1. The number of hydrogen-bond acceptors (Lipinski definition) is 4. The largest absolute Gasteiger partial charge is 0.494 e. The van der Waals surface area contributed by atoms with E-state index in [1.54, 1.807) is 12.1 Å². The van der Waals surface area contributed by atoms with E-state index in [0.29, 0.717) is 23.1 Å². The molecule has 2 aromatic rings. The molecule has 1 aliphatic heterocycles. The van der Waals surface area contributed by atoms with Crippen molar-refractivity contribution in [3.8, 4) is 17.2 Å². The van der Waals surface area contributed by atoms with Gasteiger partial charge in [0.25, 0.3) is 0 Å². The molecule has 1 heterocycles. The van der Waals surface area contributed by atoms with Crippen molar-refractivity contribution in [2.75, 3.05) is 19.2 Å². The first-order chi connectivity index (χ1) is 10.2. The minimum atomic E-state index is -0.394. The van der Waals surface area contributed by atoms with Gasteiger partial charge in [-0.1, -0.05) is 11.6 Å². The number of ether oxygens (including phenoxy) is 3. The van der Waals surface area contributed by atoms with Crippen LogP contribution in [0.15, 0.2) is 30.3 Å². The fraction of sp³-hybridized carbons (Fsp3) is 0.200. The Balaban J connectivity index is 1.75. The molecule has 4 nitrogen and oxygen atoms in total. The van der Waals surface area contributed by atoms with Gasteiger partial charge >= 0.3 is 0 Å². The Labute approximate surface area is 126 Å². The van der Waals surface area contributed by atoms with Gasteiger partial charge in [-0.25, -0.2) is 4.39 Å². The normalized spacial score (nSPS) is 12.3. The van der Waals surface area contributed by atoms with Crippen molar-refractivity contribution in [2.24, 2.45) is 0 Å². The summed E-state index contributed by atoms with van der Waals surface area (Å²) >= 11 is 6.12. The van der Waals surface area contributed by atoms with Gasteiger partial charge in [-0.2, -0.15) is 0 Å². The highest BCUT2D eigenvalue weighted by Gasteiger charge is 2.18. The lowest BCUT2D eigenvalue weighted by atomic mass is 10.2. The van der Waals surface area contributed by atoms with Crippen LogP contribution in [0, 0.1) is 5.82 Å². The summed E-state index contributed by atoms with van der Waals surface area (Å²) in [5.74, 6) is 1.01. The monoisotopic (exact) mass is 309 g/mol. The van der Waals surface area contributed by atoms with Gasteiger partial charge < -0.3 is 19.5 Å². The van der Waals surface area contributed by atoms with E-state index in [2.05, 4.69) is 5.32 Å². The highest BCUT2D eigenvalue weighted by Crippen LogP contribution is 2.39. The van der Waals surface area contributed by atoms with Gasteiger partial charge in [0.05, 0.1) is 12.1 Å². The second-order valence-corrected chi connectivity index (χ2v) is 4.92. The van der Waals surface area contributed by atoms with Crippen molar-refractivity contribution in [1.82, 2.24) is 0 Å². The highest BCUT2D eigenvalue weighted by molar-refractivity contribution is 6.32. The Kier molecular flexibility index (Phi) is 3.75. The van der Waals surface area contributed by atoms with Crippen LogP contribution in [0.2, 0.25) is 5.02 Å². The van der Waals surface area contributed by atoms with Gasteiger partial charge in [0, 0.05) is 18.3 Å². The summed E-state index contributed by atoms with van der Waals surface area (Å²) in [5.41, 5.74) is 1.69. The quantitative estimate of drug-likeness (QED) is 0.932. The summed E-state index contributed by atoms with van der Waals surface area (Å²) in [6.07, 6.45) is 0. The zero-order valence-corrected chi connectivity index (χ0v) is 12.0. The van der Waals surface area contributed by atoms with E-state index in [9.17, 15) is 4.39 Å². The minimum Gasteiger partial charge on any atom is -0.494 e. The van der Waals surface area contributed by atoms with Gasteiger partial charge in [0.15, 0.2) is 23.1 Å². The molecule has 0 fully saturated rings. The summed E-state index contributed by atoms with van der Waals surface area (Å²) in [4.78, 5) is 0. The van der Waals surface area contributed by atoms with Crippen LogP contribution in [0.3, 0.4) is 0 Å². The van der Waals surface area contributed by atoms with Crippen LogP contribution in [-0.2, 0) is 6.54 Å². The molecule has 0 atom stereocenters. The van der Waals surface area contributed by atoms with Crippen LogP contribution < -0.4 is 19.5 Å². The average Bonchev–Trinajstić information content (AvgIpc) is 2.95. The Hall–Kier alpha value is -2.14. The molecular formula is C15H13ClFNO3. The Bertz CT molecular complexity index is 678. The fourth-order valence-electron chi connectivity index (χ4n) is 2.10. The third-order valence-corrected chi connectivity index (χ3v) is 3.42. The smallest absolute Gasteiger partial charge is 0.231 e. The first-order valence-corrected chi connectivity index (χ1v) is 6.70. The van der Waals surface area contributed by atoms with E-state index in [4.69, 9.17) is 25.8 Å². The maximum absolute atomic E-state index is 13.3. The molecule has 21 heavy (non-hydrogen) atoms. The molecule has 110 valence electrons. The molecule has 0 aliphatic carbocycles. The second kappa shape index (κ2) is 5.69. The zero-order chi connectivity index (χ0) is 14.8. The topological polar surface area (TPSA) is 39.7 Å². The third kappa shape index (κ3) is 2.83. The third-order valence-electron chi connectivity index (χ3n) is 3.13. The number of benzene rings is 2. The molecule has 1 N–H and O–H groups in total. The number of methoxy groups -OCH3 is 1. The zero-order valence-electron chi connectivity index (χ0n) is 11.3. The molecule has 0 spiro atoms. The van der Waals surface area contributed by atoms with Gasteiger partial charge in [-0.3, -0.25) is 0 Å². The van der Waals surface area contributed by atoms with Crippen LogP contribution in [0.1, 0.15) is 5.56 Å². The minimum absolute atomic E-state index is 0.182. The number of halogens is 2. The van der Waals surface area contributed by atoms with Crippen molar-refractivity contribution >= 4 is 17.3 Å². The number of rotatable bonds is 4. The predicted molar refractivity (Wildman–Crippen MR) is 77.9 cm³/mol. The van der Waals surface area contributed by atoms with E-state index < -0.39 is 5.82 Å². The van der Waals surface area contributed by atoms with Crippen LogP contribution in [0.5, 0.6) is 17.2 Å². The standard InChI is InChI=1S/C15H13ClFNO3/c1-19-13-6-10(2-3-12(13)17)18-7-9-4-11(16)15-14(5-9)20-8-21-15/h2-6,18H,7-8H2,1H3. The highest BCUT2D eigenvalue weighted by atomic mass is 35.5.